The normalized spacial score (nSPS) is 10.3. The van der Waals surface area contributed by atoms with Crippen molar-refractivity contribution in [3.63, 3.8) is 0 Å². The highest BCUT2D eigenvalue weighted by atomic mass is 16.5. The number of para-hydroxylation sites is 1. The molecule has 0 saturated carbocycles. The molecule has 2 N–H and O–H groups in total. The van der Waals surface area contributed by atoms with E-state index in [0.717, 1.165) is 17.1 Å². The van der Waals surface area contributed by atoms with Crippen molar-refractivity contribution in [2.75, 3.05) is 17.7 Å². The Hall–Kier alpha value is -2.49. The highest BCUT2D eigenvalue weighted by Crippen LogP contribution is 2.19. The summed E-state index contributed by atoms with van der Waals surface area (Å²) in [5.74, 6) is 0.624. The summed E-state index contributed by atoms with van der Waals surface area (Å²) in [7, 11) is 1.61. The van der Waals surface area contributed by atoms with E-state index in [9.17, 15) is 4.79 Å². The Morgan fingerprint density at radius 2 is 1.71 bits per heavy atom. The van der Waals surface area contributed by atoms with Crippen LogP contribution in [0.5, 0.6) is 5.75 Å². The molecule has 0 heterocycles. The van der Waals surface area contributed by atoms with E-state index in [1.807, 2.05) is 62.4 Å². The fraction of sp³-hybridized carbons (Fsp3) is 0.235. The van der Waals surface area contributed by atoms with Gasteiger partial charge in [0.25, 0.3) is 5.91 Å². The minimum Gasteiger partial charge on any atom is -0.497 e. The molecule has 1 amide bonds. The Kier molecular flexibility index (Phi) is 4.82. The van der Waals surface area contributed by atoms with Gasteiger partial charge in [-0.3, -0.25) is 4.79 Å². The summed E-state index contributed by atoms with van der Waals surface area (Å²) in [5.41, 5.74) is 2.20. The number of hydrogen-bond acceptors (Lipinski definition) is 3. The highest BCUT2D eigenvalue weighted by molar-refractivity contribution is 6.08. The van der Waals surface area contributed by atoms with Gasteiger partial charge >= 0.3 is 0 Å². The van der Waals surface area contributed by atoms with Gasteiger partial charge in [-0.05, 0) is 50.2 Å². The van der Waals surface area contributed by atoms with E-state index in [2.05, 4.69) is 10.6 Å². The summed E-state index contributed by atoms with van der Waals surface area (Å²) in [6.07, 6.45) is 0. The third kappa shape index (κ3) is 3.99. The molecular weight excluding hydrogens is 264 g/mol. The summed E-state index contributed by atoms with van der Waals surface area (Å²) < 4.78 is 5.10. The summed E-state index contributed by atoms with van der Waals surface area (Å²) in [5, 5.41) is 6.17. The second-order valence-corrected chi connectivity index (χ2v) is 5.03. The van der Waals surface area contributed by atoms with Gasteiger partial charge in [0.2, 0.25) is 0 Å². The van der Waals surface area contributed by atoms with Crippen molar-refractivity contribution in [2.24, 2.45) is 0 Å². The third-order valence-electron chi connectivity index (χ3n) is 2.96. The van der Waals surface area contributed by atoms with E-state index in [1.165, 1.54) is 0 Å². The molecule has 2 aromatic carbocycles. The predicted octanol–water partition coefficient (Wildman–Crippen LogP) is 3.77. The minimum atomic E-state index is -0.135. The van der Waals surface area contributed by atoms with E-state index in [4.69, 9.17) is 4.74 Å². The molecule has 21 heavy (non-hydrogen) atoms. The number of amides is 1. The average Bonchev–Trinajstić information content (AvgIpc) is 2.48. The van der Waals surface area contributed by atoms with Crippen LogP contribution in [0, 0.1) is 0 Å². The molecular formula is C17H20N2O2. The molecule has 0 spiro atoms. The first-order valence-corrected chi connectivity index (χ1v) is 6.91. The van der Waals surface area contributed by atoms with Gasteiger partial charge in [0.05, 0.1) is 12.7 Å². The summed E-state index contributed by atoms with van der Waals surface area (Å²) >= 11 is 0. The molecule has 0 aliphatic heterocycles. The zero-order valence-electron chi connectivity index (χ0n) is 12.5. The maximum Gasteiger partial charge on any atom is 0.257 e. The Balaban J connectivity index is 2.16. The van der Waals surface area contributed by atoms with Crippen LogP contribution in [0.1, 0.15) is 24.2 Å². The molecule has 0 fully saturated rings. The van der Waals surface area contributed by atoms with E-state index in [1.54, 1.807) is 7.11 Å². The van der Waals surface area contributed by atoms with Crippen molar-refractivity contribution in [3.8, 4) is 5.75 Å². The first-order chi connectivity index (χ1) is 10.1. The maximum absolute atomic E-state index is 12.4. The topological polar surface area (TPSA) is 50.4 Å². The number of carbonyl (C=O) groups is 1. The summed E-state index contributed by atoms with van der Waals surface area (Å²) in [6.45, 7) is 4.08. The largest absolute Gasteiger partial charge is 0.497 e. The minimum absolute atomic E-state index is 0.135. The summed E-state index contributed by atoms with van der Waals surface area (Å²) in [4.78, 5) is 12.4. The lowest BCUT2D eigenvalue weighted by atomic mass is 10.1. The van der Waals surface area contributed by atoms with Crippen LogP contribution in [-0.2, 0) is 0 Å². The molecule has 2 rings (SSSR count). The molecule has 0 aliphatic carbocycles. The number of methoxy groups -OCH3 is 1. The molecule has 4 heteroatoms. The van der Waals surface area contributed by atoms with Crippen LogP contribution in [-0.4, -0.2) is 19.1 Å². The Labute approximate surface area is 125 Å². The van der Waals surface area contributed by atoms with Gasteiger partial charge in [-0.25, -0.2) is 0 Å². The molecule has 0 atom stereocenters. The monoisotopic (exact) mass is 284 g/mol. The maximum atomic E-state index is 12.4. The second-order valence-electron chi connectivity index (χ2n) is 5.03. The smallest absolute Gasteiger partial charge is 0.257 e. The van der Waals surface area contributed by atoms with E-state index in [0.29, 0.717) is 5.56 Å². The molecule has 0 aliphatic rings. The Bertz CT molecular complexity index is 606. The van der Waals surface area contributed by atoms with Crippen molar-refractivity contribution in [3.05, 3.63) is 54.1 Å². The molecule has 110 valence electrons. The van der Waals surface area contributed by atoms with E-state index in [-0.39, 0.29) is 11.9 Å². The van der Waals surface area contributed by atoms with Crippen molar-refractivity contribution in [2.45, 2.75) is 19.9 Å². The zero-order chi connectivity index (χ0) is 15.2. The molecule has 0 saturated heterocycles. The second kappa shape index (κ2) is 6.79. The van der Waals surface area contributed by atoms with Crippen LogP contribution in [0.15, 0.2) is 48.5 Å². The van der Waals surface area contributed by atoms with Crippen molar-refractivity contribution < 1.29 is 9.53 Å². The van der Waals surface area contributed by atoms with Gasteiger partial charge in [-0.15, -0.1) is 0 Å². The molecule has 0 aromatic heterocycles. The zero-order valence-corrected chi connectivity index (χ0v) is 12.5. The number of anilines is 2. The van der Waals surface area contributed by atoms with Crippen LogP contribution in [0.25, 0.3) is 0 Å². The van der Waals surface area contributed by atoms with Gasteiger partial charge < -0.3 is 15.4 Å². The van der Waals surface area contributed by atoms with Gasteiger partial charge in [0.15, 0.2) is 0 Å². The predicted molar refractivity (Wildman–Crippen MR) is 86.1 cm³/mol. The lowest BCUT2D eigenvalue weighted by Crippen LogP contribution is -2.17. The fourth-order valence-corrected chi connectivity index (χ4v) is 1.99. The molecule has 0 unspecified atom stereocenters. The molecule has 2 aromatic rings. The van der Waals surface area contributed by atoms with Gasteiger partial charge in [-0.2, -0.15) is 0 Å². The highest BCUT2D eigenvalue weighted by Gasteiger charge is 2.11. The first-order valence-electron chi connectivity index (χ1n) is 6.91. The Morgan fingerprint density at radius 3 is 2.33 bits per heavy atom. The lowest BCUT2D eigenvalue weighted by molar-refractivity contribution is 0.102. The van der Waals surface area contributed by atoms with Crippen LogP contribution in [0.2, 0.25) is 0 Å². The van der Waals surface area contributed by atoms with Crippen LogP contribution >= 0.6 is 0 Å². The number of carbonyl (C=O) groups excluding carboxylic acids is 1. The quantitative estimate of drug-likeness (QED) is 0.878. The number of hydrogen-bond donors (Lipinski definition) is 2. The lowest BCUT2D eigenvalue weighted by Gasteiger charge is -2.14. The summed E-state index contributed by atoms with van der Waals surface area (Å²) in [6, 6.07) is 15.0. The Morgan fingerprint density at radius 1 is 1.05 bits per heavy atom. The molecule has 0 bridgehead atoms. The fourth-order valence-electron chi connectivity index (χ4n) is 1.99. The van der Waals surface area contributed by atoms with Crippen LogP contribution in [0.4, 0.5) is 11.4 Å². The van der Waals surface area contributed by atoms with Crippen LogP contribution in [0.3, 0.4) is 0 Å². The SMILES string of the molecule is COc1ccc(NC(=O)c2ccccc2NC(C)C)cc1. The standard InChI is InChI=1S/C17H20N2O2/c1-12(2)18-16-7-5-4-6-15(16)17(20)19-13-8-10-14(21-3)11-9-13/h4-12,18H,1-3H3,(H,19,20). The first kappa shape index (κ1) is 14.9. The number of ether oxygens (including phenoxy) is 1. The average molecular weight is 284 g/mol. The van der Waals surface area contributed by atoms with Crippen molar-refractivity contribution >= 4 is 17.3 Å². The van der Waals surface area contributed by atoms with Gasteiger partial charge in [0.1, 0.15) is 5.75 Å². The van der Waals surface area contributed by atoms with Crippen molar-refractivity contribution in [1.29, 1.82) is 0 Å². The number of nitrogens with one attached hydrogen (secondary N) is 2. The van der Waals surface area contributed by atoms with Crippen LogP contribution < -0.4 is 15.4 Å². The number of rotatable bonds is 5. The van der Waals surface area contributed by atoms with E-state index < -0.39 is 0 Å². The van der Waals surface area contributed by atoms with Crippen molar-refractivity contribution in [1.82, 2.24) is 0 Å². The molecule has 4 nitrogen and oxygen atoms in total. The molecule has 0 radical (unpaired) electrons. The number of benzene rings is 2. The third-order valence-corrected chi connectivity index (χ3v) is 2.96. The van der Waals surface area contributed by atoms with Gasteiger partial charge in [0, 0.05) is 17.4 Å². The van der Waals surface area contributed by atoms with E-state index >= 15 is 0 Å². The van der Waals surface area contributed by atoms with Gasteiger partial charge in [-0.1, -0.05) is 12.1 Å².